The van der Waals surface area contributed by atoms with Crippen molar-refractivity contribution in [3.05, 3.63) is 47.7 Å². The van der Waals surface area contributed by atoms with Gasteiger partial charge in [0.1, 0.15) is 15.8 Å². The lowest BCUT2D eigenvalue weighted by molar-refractivity contribution is -0.107. The van der Waals surface area contributed by atoms with Crippen LogP contribution >= 0.6 is 23.5 Å². The number of rotatable bonds is 6. The van der Waals surface area contributed by atoms with Gasteiger partial charge in [-0.05, 0) is 53.3 Å². The van der Waals surface area contributed by atoms with Gasteiger partial charge in [0.25, 0.3) is 0 Å². The molecule has 25 heavy (non-hydrogen) atoms. The van der Waals surface area contributed by atoms with Gasteiger partial charge in [-0.2, -0.15) is 0 Å². The van der Waals surface area contributed by atoms with Crippen LogP contribution in [0, 0.1) is 0 Å². The lowest BCUT2D eigenvalue weighted by Gasteiger charge is -2.11. The first kappa shape index (κ1) is 18.1. The van der Waals surface area contributed by atoms with Crippen LogP contribution in [0.25, 0.3) is 16.8 Å². The molecule has 3 nitrogen and oxygen atoms in total. The van der Waals surface area contributed by atoms with Gasteiger partial charge in [-0.3, -0.25) is 4.79 Å². The average molecular weight is 372 g/mol. The SMILES string of the molecule is CCCOc1ccc2ccccc2c1C=C1N=C(SCCC)SC1=O. The van der Waals surface area contributed by atoms with E-state index in [4.69, 9.17) is 4.74 Å². The van der Waals surface area contributed by atoms with Crippen LogP contribution in [-0.2, 0) is 4.79 Å². The topological polar surface area (TPSA) is 38.7 Å². The number of thioether (sulfide) groups is 2. The summed E-state index contributed by atoms with van der Waals surface area (Å²) in [5.41, 5.74) is 1.43. The van der Waals surface area contributed by atoms with Crippen molar-refractivity contribution in [2.24, 2.45) is 4.99 Å². The molecule has 0 radical (unpaired) electrons. The number of aliphatic imine (C=N–C) groups is 1. The summed E-state index contributed by atoms with van der Waals surface area (Å²) in [6.07, 6.45) is 3.88. The monoisotopic (exact) mass is 371 g/mol. The standard InChI is InChI=1S/C20H21NO2S2/c1-3-11-23-18-10-9-14-7-5-6-8-15(14)16(18)13-17-19(22)25-20(21-17)24-12-4-2/h5-10,13H,3-4,11-12H2,1-2H3. The Morgan fingerprint density at radius 1 is 1.16 bits per heavy atom. The van der Waals surface area contributed by atoms with Crippen LogP contribution in [0.2, 0.25) is 0 Å². The summed E-state index contributed by atoms with van der Waals surface area (Å²) in [7, 11) is 0. The van der Waals surface area contributed by atoms with Crippen molar-refractivity contribution in [1.29, 1.82) is 0 Å². The molecule has 2 aromatic rings. The number of hydrogen-bond donors (Lipinski definition) is 0. The van der Waals surface area contributed by atoms with Crippen molar-refractivity contribution < 1.29 is 9.53 Å². The van der Waals surface area contributed by atoms with E-state index in [0.717, 1.165) is 45.1 Å². The Bertz CT molecular complexity index is 843. The second-order valence-electron chi connectivity index (χ2n) is 5.69. The number of nitrogens with zero attached hydrogens (tertiary/aromatic N) is 1. The summed E-state index contributed by atoms with van der Waals surface area (Å²) >= 11 is 2.87. The third kappa shape index (κ3) is 4.28. The summed E-state index contributed by atoms with van der Waals surface area (Å²) in [6, 6.07) is 12.2. The molecule has 0 fully saturated rings. The van der Waals surface area contributed by atoms with E-state index >= 15 is 0 Å². The van der Waals surface area contributed by atoms with Crippen molar-refractivity contribution >= 4 is 49.9 Å². The van der Waals surface area contributed by atoms with Crippen molar-refractivity contribution in [1.82, 2.24) is 0 Å². The first-order valence-corrected chi connectivity index (χ1v) is 10.3. The molecule has 1 heterocycles. The molecule has 0 N–H and O–H groups in total. The summed E-state index contributed by atoms with van der Waals surface area (Å²) in [4.78, 5) is 16.9. The minimum atomic E-state index is 0.00739. The van der Waals surface area contributed by atoms with Crippen LogP contribution in [0.15, 0.2) is 47.1 Å². The zero-order chi connectivity index (χ0) is 17.6. The molecule has 0 bridgehead atoms. The van der Waals surface area contributed by atoms with Gasteiger partial charge >= 0.3 is 0 Å². The van der Waals surface area contributed by atoms with Crippen molar-refractivity contribution in [3.63, 3.8) is 0 Å². The zero-order valence-corrected chi connectivity index (χ0v) is 16.1. The van der Waals surface area contributed by atoms with Crippen molar-refractivity contribution in [2.75, 3.05) is 12.4 Å². The van der Waals surface area contributed by atoms with E-state index in [1.807, 2.05) is 24.3 Å². The molecule has 130 valence electrons. The summed E-state index contributed by atoms with van der Waals surface area (Å²) in [5, 5.41) is 2.21. The maximum Gasteiger partial charge on any atom is 0.244 e. The first-order chi connectivity index (χ1) is 12.2. The van der Waals surface area contributed by atoms with Gasteiger partial charge in [0.15, 0.2) is 0 Å². The molecular formula is C20H21NO2S2. The van der Waals surface area contributed by atoms with E-state index in [1.54, 1.807) is 11.8 Å². The molecule has 0 saturated heterocycles. The van der Waals surface area contributed by atoms with Gasteiger partial charge in [-0.25, -0.2) is 4.99 Å². The van der Waals surface area contributed by atoms with E-state index in [0.29, 0.717) is 12.3 Å². The number of ether oxygens (including phenoxy) is 1. The van der Waals surface area contributed by atoms with Crippen molar-refractivity contribution in [3.8, 4) is 5.75 Å². The molecule has 2 aromatic carbocycles. The van der Waals surface area contributed by atoms with E-state index in [9.17, 15) is 4.79 Å². The smallest absolute Gasteiger partial charge is 0.244 e. The second kappa shape index (κ2) is 8.59. The quantitative estimate of drug-likeness (QED) is 0.607. The van der Waals surface area contributed by atoms with Crippen LogP contribution < -0.4 is 4.74 Å². The predicted molar refractivity (Wildman–Crippen MR) is 110 cm³/mol. The number of hydrogen-bond acceptors (Lipinski definition) is 5. The Labute approximate surface area is 156 Å². The zero-order valence-electron chi connectivity index (χ0n) is 14.5. The molecule has 0 amide bonds. The van der Waals surface area contributed by atoms with Gasteiger partial charge in [0.05, 0.1) is 6.61 Å². The Balaban J connectivity index is 2.04. The molecule has 1 aliphatic heterocycles. The summed E-state index contributed by atoms with van der Waals surface area (Å²) < 4.78 is 6.76. The molecule has 0 aliphatic carbocycles. The fraction of sp³-hybridized carbons (Fsp3) is 0.300. The number of carbonyl (C=O) groups is 1. The molecule has 0 atom stereocenters. The minimum Gasteiger partial charge on any atom is -0.493 e. The number of carbonyl (C=O) groups excluding carboxylic acids is 1. The molecule has 0 saturated carbocycles. The predicted octanol–water partition coefficient (Wildman–Crippen LogP) is 5.74. The maximum absolute atomic E-state index is 12.3. The number of benzene rings is 2. The third-order valence-electron chi connectivity index (χ3n) is 3.70. The largest absolute Gasteiger partial charge is 0.493 e. The van der Waals surface area contributed by atoms with Crippen LogP contribution in [-0.4, -0.2) is 21.9 Å². The molecular weight excluding hydrogens is 350 g/mol. The van der Waals surface area contributed by atoms with E-state index in [2.05, 4.69) is 37.0 Å². The maximum atomic E-state index is 12.3. The number of fused-ring (bicyclic) bond motifs is 1. The molecule has 5 heteroatoms. The third-order valence-corrected chi connectivity index (χ3v) is 5.92. The van der Waals surface area contributed by atoms with Crippen LogP contribution in [0.1, 0.15) is 32.3 Å². The van der Waals surface area contributed by atoms with Crippen LogP contribution in [0.3, 0.4) is 0 Å². The highest BCUT2D eigenvalue weighted by atomic mass is 32.2. The van der Waals surface area contributed by atoms with Gasteiger partial charge < -0.3 is 4.74 Å². The fourth-order valence-corrected chi connectivity index (χ4v) is 4.31. The van der Waals surface area contributed by atoms with E-state index < -0.39 is 0 Å². The minimum absolute atomic E-state index is 0.00739. The van der Waals surface area contributed by atoms with E-state index in [-0.39, 0.29) is 5.12 Å². The van der Waals surface area contributed by atoms with Gasteiger partial charge in [0.2, 0.25) is 5.12 Å². The van der Waals surface area contributed by atoms with Gasteiger partial charge in [-0.15, -0.1) is 0 Å². The Morgan fingerprint density at radius 2 is 2.00 bits per heavy atom. The highest BCUT2D eigenvalue weighted by Crippen LogP contribution is 2.35. The lowest BCUT2D eigenvalue weighted by Crippen LogP contribution is -1.98. The Kier molecular flexibility index (Phi) is 6.21. The molecule has 3 rings (SSSR count). The van der Waals surface area contributed by atoms with Gasteiger partial charge in [-0.1, -0.05) is 55.9 Å². The van der Waals surface area contributed by atoms with Crippen LogP contribution in [0.4, 0.5) is 0 Å². The Hall–Kier alpha value is -1.72. The highest BCUT2D eigenvalue weighted by molar-refractivity contribution is 8.45. The van der Waals surface area contributed by atoms with Crippen molar-refractivity contribution in [2.45, 2.75) is 26.7 Å². The summed E-state index contributed by atoms with van der Waals surface area (Å²) in [6.45, 7) is 4.86. The summed E-state index contributed by atoms with van der Waals surface area (Å²) in [5.74, 6) is 1.78. The first-order valence-electron chi connectivity index (χ1n) is 8.52. The van der Waals surface area contributed by atoms with Crippen LogP contribution in [0.5, 0.6) is 5.75 Å². The Morgan fingerprint density at radius 3 is 2.80 bits per heavy atom. The normalized spacial score (nSPS) is 15.8. The molecule has 0 aromatic heterocycles. The fourth-order valence-electron chi connectivity index (χ4n) is 2.54. The second-order valence-corrected chi connectivity index (χ2v) is 8.00. The van der Waals surface area contributed by atoms with E-state index in [1.165, 1.54) is 11.8 Å². The van der Waals surface area contributed by atoms with Gasteiger partial charge in [0, 0.05) is 5.56 Å². The highest BCUT2D eigenvalue weighted by Gasteiger charge is 2.23. The molecule has 0 unspecified atom stereocenters. The lowest BCUT2D eigenvalue weighted by atomic mass is 10.0. The average Bonchev–Trinajstić information content (AvgIpc) is 2.99. The molecule has 1 aliphatic rings. The molecule has 0 spiro atoms.